The molecule has 2 fully saturated rings. The number of halogens is 1. The van der Waals surface area contributed by atoms with Crippen LogP contribution in [0.5, 0.6) is 0 Å². The summed E-state index contributed by atoms with van der Waals surface area (Å²) in [5, 5.41) is 0.809. The number of aromatic nitrogens is 1. The zero-order valence-electron chi connectivity index (χ0n) is 12.8. The molecule has 0 spiro atoms. The molecule has 1 aromatic heterocycles. The lowest BCUT2D eigenvalue weighted by atomic mass is 10.1. The van der Waals surface area contributed by atoms with Crippen LogP contribution >= 0.6 is 11.3 Å². The van der Waals surface area contributed by atoms with Crippen molar-refractivity contribution in [3.05, 3.63) is 40.8 Å². The van der Waals surface area contributed by atoms with E-state index in [0.29, 0.717) is 29.8 Å². The second kappa shape index (κ2) is 5.39. The Balaban J connectivity index is 1.73. The number of aryl methyl sites for hydroxylation is 1. The van der Waals surface area contributed by atoms with E-state index < -0.39 is 0 Å². The van der Waals surface area contributed by atoms with E-state index in [2.05, 4.69) is 4.98 Å². The molecular weight excluding hydrogens is 313 g/mol. The summed E-state index contributed by atoms with van der Waals surface area (Å²) in [6, 6.07) is 6.75. The Kier molecular flexibility index (Phi) is 3.46. The standard InChI is InChI=1S/C17H18FN3OS/c1-9-20-15(16(23-9)10-3-2-4-12(18)5-10)17(22)21-13(8-19)6-11-7-14(11)21/h2-5,11,13-14H,6-8,19H2,1H3/t11?,13?,14-/m0/s1. The minimum Gasteiger partial charge on any atom is -0.330 e. The highest BCUT2D eigenvalue weighted by Gasteiger charge is 2.54. The van der Waals surface area contributed by atoms with Crippen LogP contribution in [0.1, 0.15) is 28.3 Å². The highest BCUT2D eigenvalue weighted by molar-refractivity contribution is 7.15. The Morgan fingerprint density at radius 3 is 3.04 bits per heavy atom. The largest absolute Gasteiger partial charge is 0.330 e. The molecule has 2 aromatic rings. The molecule has 6 heteroatoms. The van der Waals surface area contributed by atoms with Gasteiger partial charge >= 0.3 is 0 Å². The molecule has 0 radical (unpaired) electrons. The molecule has 1 amide bonds. The molecule has 23 heavy (non-hydrogen) atoms. The average molecular weight is 331 g/mol. The van der Waals surface area contributed by atoms with Crippen molar-refractivity contribution in [2.75, 3.05) is 6.54 Å². The molecule has 2 heterocycles. The normalized spacial score (nSPS) is 25.5. The Labute approximate surface area is 138 Å². The lowest BCUT2D eigenvalue weighted by Crippen LogP contribution is -2.42. The monoisotopic (exact) mass is 331 g/mol. The van der Waals surface area contributed by atoms with Crippen molar-refractivity contribution in [1.82, 2.24) is 9.88 Å². The summed E-state index contributed by atoms with van der Waals surface area (Å²) < 4.78 is 13.6. The van der Waals surface area contributed by atoms with Crippen molar-refractivity contribution in [3.63, 3.8) is 0 Å². The second-order valence-electron chi connectivity index (χ2n) is 6.32. The van der Waals surface area contributed by atoms with Crippen molar-refractivity contribution in [1.29, 1.82) is 0 Å². The first-order valence-corrected chi connectivity index (χ1v) is 8.66. The van der Waals surface area contributed by atoms with E-state index in [9.17, 15) is 9.18 Å². The van der Waals surface area contributed by atoms with Gasteiger partial charge in [0.15, 0.2) is 0 Å². The molecule has 4 rings (SSSR count). The molecule has 1 aromatic carbocycles. The van der Waals surface area contributed by atoms with Crippen molar-refractivity contribution in [2.24, 2.45) is 11.7 Å². The van der Waals surface area contributed by atoms with Crippen molar-refractivity contribution in [3.8, 4) is 10.4 Å². The third-order valence-electron chi connectivity index (χ3n) is 4.74. The lowest BCUT2D eigenvalue weighted by molar-refractivity contribution is 0.0701. The van der Waals surface area contributed by atoms with E-state index in [1.165, 1.54) is 23.5 Å². The second-order valence-corrected chi connectivity index (χ2v) is 7.52. The number of piperidine rings is 1. The minimum absolute atomic E-state index is 0.0611. The summed E-state index contributed by atoms with van der Waals surface area (Å²) in [5.41, 5.74) is 6.97. The van der Waals surface area contributed by atoms with Gasteiger partial charge in [0, 0.05) is 18.6 Å². The van der Waals surface area contributed by atoms with E-state index in [1.54, 1.807) is 6.07 Å². The molecule has 1 saturated heterocycles. The number of amides is 1. The van der Waals surface area contributed by atoms with Crippen LogP contribution in [-0.4, -0.2) is 34.4 Å². The fraction of sp³-hybridized carbons (Fsp3) is 0.412. The predicted octanol–water partition coefficient (Wildman–Crippen LogP) is 2.82. The molecule has 2 unspecified atom stereocenters. The van der Waals surface area contributed by atoms with Gasteiger partial charge in [-0.25, -0.2) is 9.37 Å². The lowest BCUT2D eigenvalue weighted by Gasteiger charge is -2.26. The quantitative estimate of drug-likeness (QED) is 0.941. The maximum Gasteiger partial charge on any atom is 0.274 e. The summed E-state index contributed by atoms with van der Waals surface area (Å²) in [4.78, 5) is 20.2. The number of fused-ring (bicyclic) bond motifs is 1. The SMILES string of the molecule is Cc1nc(C(=O)N2C(CN)CC3C[C@@H]32)c(-c2cccc(F)c2)s1. The van der Waals surface area contributed by atoms with Gasteiger partial charge in [0.25, 0.3) is 5.91 Å². The third-order valence-corrected chi connectivity index (χ3v) is 5.76. The van der Waals surface area contributed by atoms with Crippen LogP contribution < -0.4 is 5.73 Å². The fourth-order valence-electron chi connectivity index (χ4n) is 3.61. The zero-order valence-corrected chi connectivity index (χ0v) is 13.6. The van der Waals surface area contributed by atoms with Gasteiger partial charge in [-0.15, -0.1) is 11.3 Å². The van der Waals surface area contributed by atoms with Gasteiger partial charge < -0.3 is 10.6 Å². The van der Waals surface area contributed by atoms with E-state index >= 15 is 0 Å². The van der Waals surface area contributed by atoms with Crippen LogP contribution in [-0.2, 0) is 0 Å². The summed E-state index contributed by atoms with van der Waals surface area (Å²) in [6.45, 7) is 2.35. The number of benzene rings is 1. The van der Waals surface area contributed by atoms with Crippen LogP contribution in [0.3, 0.4) is 0 Å². The van der Waals surface area contributed by atoms with E-state index in [1.807, 2.05) is 17.9 Å². The fourth-order valence-corrected chi connectivity index (χ4v) is 4.51. The molecule has 1 saturated carbocycles. The van der Waals surface area contributed by atoms with E-state index in [4.69, 9.17) is 5.73 Å². The van der Waals surface area contributed by atoms with Gasteiger partial charge in [-0.2, -0.15) is 0 Å². The number of thiazole rings is 1. The number of rotatable bonds is 3. The number of carbonyl (C=O) groups excluding carboxylic acids is 1. The van der Waals surface area contributed by atoms with Gasteiger partial charge in [0.2, 0.25) is 0 Å². The van der Waals surface area contributed by atoms with Crippen LogP contribution in [0.15, 0.2) is 24.3 Å². The maximum absolute atomic E-state index is 13.6. The number of likely N-dealkylation sites (tertiary alicyclic amines) is 1. The molecule has 3 atom stereocenters. The zero-order chi connectivity index (χ0) is 16.1. The van der Waals surface area contributed by atoms with Crippen LogP contribution in [0.2, 0.25) is 0 Å². The highest BCUT2D eigenvalue weighted by Crippen LogP contribution is 2.48. The molecule has 1 aliphatic carbocycles. The summed E-state index contributed by atoms with van der Waals surface area (Å²) >= 11 is 1.43. The van der Waals surface area contributed by atoms with Crippen molar-refractivity contribution < 1.29 is 9.18 Å². The van der Waals surface area contributed by atoms with Crippen LogP contribution in [0.25, 0.3) is 10.4 Å². The Bertz CT molecular complexity index is 775. The van der Waals surface area contributed by atoms with Crippen LogP contribution in [0, 0.1) is 18.7 Å². The summed E-state index contributed by atoms with van der Waals surface area (Å²) in [5.74, 6) is 0.231. The van der Waals surface area contributed by atoms with Crippen molar-refractivity contribution in [2.45, 2.75) is 31.8 Å². The predicted molar refractivity (Wildman–Crippen MR) is 87.8 cm³/mol. The summed E-state index contributed by atoms with van der Waals surface area (Å²) in [6.07, 6.45) is 2.06. The highest BCUT2D eigenvalue weighted by atomic mass is 32.1. The van der Waals surface area contributed by atoms with Crippen molar-refractivity contribution >= 4 is 17.2 Å². The molecule has 4 nitrogen and oxygen atoms in total. The smallest absolute Gasteiger partial charge is 0.274 e. The van der Waals surface area contributed by atoms with Gasteiger partial charge in [-0.1, -0.05) is 12.1 Å². The Morgan fingerprint density at radius 1 is 1.48 bits per heavy atom. The number of hydrogen-bond acceptors (Lipinski definition) is 4. The van der Waals surface area contributed by atoms with Gasteiger partial charge in [-0.05, 0) is 43.4 Å². The van der Waals surface area contributed by atoms with E-state index in [-0.39, 0.29) is 17.8 Å². The summed E-state index contributed by atoms with van der Waals surface area (Å²) in [7, 11) is 0. The molecule has 2 aliphatic rings. The first kappa shape index (κ1) is 14.8. The number of nitrogens with two attached hydrogens (primary N) is 1. The first-order valence-electron chi connectivity index (χ1n) is 7.84. The molecule has 1 aliphatic heterocycles. The average Bonchev–Trinajstić information content (AvgIpc) is 3.02. The van der Waals surface area contributed by atoms with E-state index in [0.717, 1.165) is 22.7 Å². The Hall–Kier alpha value is -1.79. The minimum atomic E-state index is -0.310. The molecular formula is C17H18FN3OS. The number of carbonyl (C=O) groups is 1. The molecule has 120 valence electrons. The first-order chi connectivity index (χ1) is 11.1. The van der Waals surface area contributed by atoms with Gasteiger partial charge in [0.1, 0.15) is 11.5 Å². The third kappa shape index (κ3) is 2.46. The molecule has 2 N–H and O–H groups in total. The van der Waals surface area contributed by atoms with Crippen LogP contribution in [0.4, 0.5) is 4.39 Å². The van der Waals surface area contributed by atoms with Gasteiger partial charge in [0.05, 0.1) is 9.88 Å². The maximum atomic E-state index is 13.6. The Morgan fingerprint density at radius 2 is 2.30 bits per heavy atom. The van der Waals surface area contributed by atoms with Gasteiger partial charge in [-0.3, -0.25) is 4.79 Å². The number of hydrogen-bond donors (Lipinski definition) is 1. The molecule has 0 bridgehead atoms. The topological polar surface area (TPSA) is 59.2 Å². The number of nitrogens with zero attached hydrogens (tertiary/aromatic N) is 2.